The summed E-state index contributed by atoms with van der Waals surface area (Å²) < 4.78 is 42.5. The van der Waals surface area contributed by atoms with E-state index in [0.29, 0.717) is 11.6 Å². The third kappa shape index (κ3) is 5.14. The molecule has 0 amide bonds. The Bertz CT molecular complexity index is 990. The zero-order valence-corrected chi connectivity index (χ0v) is 18.2. The molecule has 0 spiro atoms. The lowest BCUT2D eigenvalue weighted by Gasteiger charge is -2.40. The monoisotopic (exact) mass is 442 g/mol. The highest BCUT2D eigenvalue weighted by atomic mass is 32.2. The van der Waals surface area contributed by atoms with E-state index in [2.05, 4.69) is 39.7 Å². The molecule has 1 unspecified atom stereocenters. The van der Waals surface area contributed by atoms with Crippen LogP contribution in [0.25, 0.3) is 11.1 Å². The summed E-state index contributed by atoms with van der Waals surface area (Å²) in [5.41, 5.74) is 2.63. The lowest BCUT2D eigenvalue weighted by Crippen LogP contribution is -2.45. The molecule has 3 aromatic carbocycles. The molecule has 6 heteroatoms. The lowest BCUT2D eigenvalue weighted by molar-refractivity contribution is -0.137. The number of piperazine rings is 1. The van der Waals surface area contributed by atoms with Crippen LogP contribution >= 0.6 is 11.9 Å². The van der Waals surface area contributed by atoms with Gasteiger partial charge in [0.05, 0.1) is 11.6 Å². The van der Waals surface area contributed by atoms with Gasteiger partial charge >= 0.3 is 6.18 Å². The Morgan fingerprint density at radius 1 is 0.871 bits per heavy atom. The highest BCUT2D eigenvalue weighted by Crippen LogP contribution is 2.37. The highest BCUT2D eigenvalue weighted by molar-refractivity contribution is 7.96. The van der Waals surface area contributed by atoms with Crippen molar-refractivity contribution in [1.82, 2.24) is 9.21 Å². The average Bonchev–Trinajstić information content (AvgIpc) is 2.79. The van der Waals surface area contributed by atoms with E-state index in [1.807, 2.05) is 18.2 Å². The quantitative estimate of drug-likeness (QED) is 0.416. The van der Waals surface area contributed by atoms with Gasteiger partial charge in [-0.05, 0) is 34.6 Å². The maximum atomic E-state index is 13.3. The molecule has 1 aliphatic rings. The van der Waals surface area contributed by atoms with Crippen LogP contribution in [-0.2, 0) is 12.7 Å². The van der Waals surface area contributed by atoms with E-state index in [1.54, 1.807) is 30.1 Å². The number of hydrogen-bond acceptors (Lipinski definition) is 3. The molecule has 1 fully saturated rings. The minimum Gasteiger partial charge on any atom is -0.296 e. The van der Waals surface area contributed by atoms with Crippen LogP contribution in [0.5, 0.6) is 0 Å². The molecule has 0 bridgehead atoms. The number of hydrogen-bond donors (Lipinski definition) is 0. The van der Waals surface area contributed by atoms with Gasteiger partial charge < -0.3 is 0 Å². The van der Waals surface area contributed by atoms with Gasteiger partial charge in [-0.3, -0.25) is 4.90 Å². The second-order valence-corrected chi connectivity index (χ2v) is 8.56. The van der Waals surface area contributed by atoms with Crippen molar-refractivity contribution in [2.75, 3.05) is 25.9 Å². The first-order valence-corrected chi connectivity index (χ1v) is 11.5. The average molecular weight is 443 g/mol. The van der Waals surface area contributed by atoms with E-state index in [0.717, 1.165) is 37.8 Å². The minimum absolute atomic E-state index is 0.222. The summed E-state index contributed by atoms with van der Waals surface area (Å²) in [5, 5.41) is 0. The summed E-state index contributed by atoms with van der Waals surface area (Å²) >= 11 is 1.77. The molecule has 0 radical (unpaired) electrons. The largest absolute Gasteiger partial charge is 0.417 e. The number of rotatable bonds is 5. The molecule has 1 aliphatic heterocycles. The number of alkyl halides is 3. The maximum Gasteiger partial charge on any atom is 0.417 e. The van der Waals surface area contributed by atoms with Gasteiger partial charge in [0.15, 0.2) is 0 Å². The molecule has 4 rings (SSSR count). The van der Waals surface area contributed by atoms with Crippen molar-refractivity contribution in [2.45, 2.75) is 18.8 Å². The van der Waals surface area contributed by atoms with Gasteiger partial charge in [-0.25, -0.2) is 4.31 Å². The molecule has 31 heavy (non-hydrogen) atoms. The van der Waals surface area contributed by atoms with E-state index < -0.39 is 11.7 Å². The third-order valence-electron chi connectivity index (χ3n) is 5.74. The first-order valence-electron chi connectivity index (χ1n) is 10.3. The summed E-state index contributed by atoms with van der Waals surface area (Å²) in [7, 11) is 0. The van der Waals surface area contributed by atoms with Crippen molar-refractivity contribution in [3.8, 4) is 11.1 Å². The van der Waals surface area contributed by atoms with Gasteiger partial charge in [0, 0.05) is 26.2 Å². The molecule has 3 aromatic rings. The summed E-state index contributed by atoms with van der Waals surface area (Å²) in [6, 6.07) is 24.1. The summed E-state index contributed by atoms with van der Waals surface area (Å²) in [6.45, 7) is 3.64. The van der Waals surface area contributed by atoms with E-state index in [-0.39, 0.29) is 5.56 Å². The maximum absolute atomic E-state index is 13.3. The lowest BCUT2D eigenvalue weighted by atomic mass is 9.98. The van der Waals surface area contributed by atoms with Crippen LogP contribution in [0.15, 0.2) is 78.9 Å². The molecule has 162 valence electrons. The van der Waals surface area contributed by atoms with Crippen molar-refractivity contribution in [3.05, 3.63) is 95.6 Å². The van der Waals surface area contributed by atoms with Crippen molar-refractivity contribution < 1.29 is 13.2 Å². The molecule has 0 saturated carbocycles. The summed E-state index contributed by atoms with van der Waals surface area (Å²) in [4.78, 5) is 2.42. The Kier molecular flexibility index (Phi) is 6.70. The molecule has 0 aromatic heterocycles. The smallest absolute Gasteiger partial charge is 0.296 e. The van der Waals surface area contributed by atoms with Gasteiger partial charge in [0.2, 0.25) is 0 Å². The van der Waals surface area contributed by atoms with Gasteiger partial charge in [-0.1, -0.05) is 84.7 Å². The van der Waals surface area contributed by atoms with Crippen LogP contribution in [-0.4, -0.2) is 35.1 Å². The summed E-state index contributed by atoms with van der Waals surface area (Å²) in [5.74, 6) is 0. The topological polar surface area (TPSA) is 6.48 Å². The Morgan fingerprint density at radius 3 is 2.23 bits per heavy atom. The molecule has 0 aliphatic carbocycles. The number of halogens is 3. The van der Waals surface area contributed by atoms with Crippen LogP contribution in [0.2, 0.25) is 0 Å². The van der Waals surface area contributed by atoms with E-state index >= 15 is 0 Å². The molecule has 1 saturated heterocycles. The van der Waals surface area contributed by atoms with E-state index in [9.17, 15) is 13.2 Å². The van der Waals surface area contributed by atoms with Crippen LogP contribution in [0, 0.1) is 0 Å². The van der Waals surface area contributed by atoms with Crippen molar-refractivity contribution in [3.63, 3.8) is 0 Å². The Hall–Kier alpha value is -2.28. The summed E-state index contributed by atoms with van der Waals surface area (Å²) in [6.07, 6.45) is -2.25. The third-order valence-corrected chi connectivity index (χ3v) is 6.64. The van der Waals surface area contributed by atoms with E-state index in [1.165, 1.54) is 17.7 Å². The molecule has 1 heterocycles. The standard InChI is InChI=1S/C25H25F3N2S/c1-31-30-16-15-29(18-24(30)21-7-3-2-4-8-21)17-19-11-13-20(14-12-19)22-9-5-6-10-23(22)25(26,27)28/h2-14,24H,15-18H2,1H3. The SMILES string of the molecule is CSN1CCN(Cc2ccc(-c3ccccc3C(F)(F)F)cc2)CC1c1ccccc1. The first-order chi connectivity index (χ1) is 15.0. The van der Waals surface area contributed by atoms with Crippen LogP contribution < -0.4 is 0 Å². The first kappa shape index (κ1) is 21.9. The molecule has 0 N–H and O–H groups in total. The minimum atomic E-state index is -4.36. The number of nitrogens with zero attached hydrogens (tertiary/aromatic N) is 2. The van der Waals surface area contributed by atoms with Gasteiger partial charge in [0.25, 0.3) is 0 Å². The van der Waals surface area contributed by atoms with Crippen LogP contribution in [0.1, 0.15) is 22.7 Å². The Balaban J connectivity index is 1.49. The molecule has 1 atom stereocenters. The normalized spacial score (nSPS) is 18.3. The molecule has 2 nitrogen and oxygen atoms in total. The zero-order valence-electron chi connectivity index (χ0n) is 17.3. The Labute approximate surface area is 185 Å². The predicted octanol–water partition coefficient (Wildman–Crippen LogP) is 6.51. The fraction of sp³-hybridized carbons (Fsp3) is 0.280. The Morgan fingerprint density at radius 2 is 1.55 bits per heavy atom. The highest BCUT2D eigenvalue weighted by Gasteiger charge is 2.33. The van der Waals surface area contributed by atoms with Crippen molar-refractivity contribution in [1.29, 1.82) is 0 Å². The second kappa shape index (κ2) is 9.47. The zero-order chi connectivity index (χ0) is 21.8. The molecular formula is C25H25F3N2S. The van der Waals surface area contributed by atoms with Crippen LogP contribution in [0.4, 0.5) is 13.2 Å². The fourth-order valence-corrected chi connectivity index (χ4v) is 4.87. The van der Waals surface area contributed by atoms with Crippen molar-refractivity contribution >= 4 is 11.9 Å². The van der Waals surface area contributed by atoms with Gasteiger partial charge in [-0.15, -0.1) is 0 Å². The molecular weight excluding hydrogens is 417 g/mol. The second-order valence-electron chi connectivity index (χ2n) is 7.73. The van der Waals surface area contributed by atoms with Gasteiger partial charge in [-0.2, -0.15) is 13.2 Å². The fourth-order valence-electron chi connectivity index (χ4n) is 4.16. The van der Waals surface area contributed by atoms with Gasteiger partial charge in [0.1, 0.15) is 0 Å². The van der Waals surface area contributed by atoms with E-state index in [4.69, 9.17) is 0 Å². The van der Waals surface area contributed by atoms with Crippen LogP contribution in [0.3, 0.4) is 0 Å². The number of benzene rings is 3. The van der Waals surface area contributed by atoms with Crippen molar-refractivity contribution in [2.24, 2.45) is 0 Å². The predicted molar refractivity (Wildman–Crippen MR) is 122 cm³/mol.